The molecule has 0 radical (unpaired) electrons. The van der Waals surface area contributed by atoms with E-state index < -0.39 is 0 Å². The van der Waals surface area contributed by atoms with Crippen molar-refractivity contribution in [2.45, 2.75) is 19.5 Å². The lowest BCUT2D eigenvalue weighted by Gasteiger charge is -2.13. The Morgan fingerprint density at radius 3 is 3.12 bits per heavy atom. The molecule has 2 aromatic rings. The topological polar surface area (TPSA) is 29.9 Å². The van der Waals surface area contributed by atoms with Crippen LogP contribution in [0.15, 0.2) is 34.6 Å². The molecule has 2 heterocycles. The van der Waals surface area contributed by atoms with E-state index in [0.29, 0.717) is 6.04 Å². The predicted octanol–water partition coefficient (Wildman–Crippen LogP) is 3.06. The fourth-order valence-electron chi connectivity index (χ4n) is 1.54. The van der Waals surface area contributed by atoms with Gasteiger partial charge in [0.1, 0.15) is 0 Å². The Kier molecular flexibility index (Phi) is 4.15. The van der Waals surface area contributed by atoms with E-state index in [1.165, 1.54) is 9.35 Å². The molecular weight excluding hydrogens is 286 g/mol. The molecule has 86 valence electrons. The number of aromatic nitrogens is 2. The highest BCUT2D eigenvalue weighted by atomic mass is 79.9. The SMILES string of the molecule is CC(NCCn1ccnc1)c1sccc1Br. The number of thiophene rings is 1. The van der Waals surface area contributed by atoms with E-state index >= 15 is 0 Å². The normalized spacial score (nSPS) is 12.9. The first-order valence-corrected chi connectivity index (χ1v) is 6.86. The van der Waals surface area contributed by atoms with E-state index in [0.717, 1.165) is 13.1 Å². The van der Waals surface area contributed by atoms with Crippen LogP contribution < -0.4 is 5.32 Å². The van der Waals surface area contributed by atoms with E-state index in [2.05, 4.69) is 49.2 Å². The molecule has 0 amide bonds. The van der Waals surface area contributed by atoms with Gasteiger partial charge in [-0.3, -0.25) is 0 Å². The van der Waals surface area contributed by atoms with E-state index in [9.17, 15) is 0 Å². The highest BCUT2D eigenvalue weighted by Crippen LogP contribution is 2.28. The number of hydrogen-bond donors (Lipinski definition) is 1. The van der Waals surface area contributed by atoms with Crippen LogP contribution in [-0.2, 0) is 6.54 Å². The fourth-order valence-corrected chi connectivity index (χ4v) is 3.29. The van der Waals surface area contributed by atoms with Gasteiger partial charge in [0.2, 0.25) is 0 Å². The van der Waals surface area contributed by atoms with Crippen molar-refractivity contribution in [3.8, 4) is 0 Å². The second-order valence-corrected chi connectivity index (χ2v) is 5.41. The van der Waals surface area contributed by atoms with Crippen LogP contribution in [0.4, 0.5) is 0 Å². The Morgan fingerprint density at radius 2 is 2.50 bits per heavy atom. The Bertz CT molecular complexity index is 424. The molecule has 2 aromatic heterocycles. The molecule has 3 nitrogen and oxygen atoms in total. The van der Waals surface area contributed by atoms with Gasteiger partial charge < -0.3 is 9.88 Å². The minimum Gasteiger partial charge on any atom is -0.336 e. The Labute approximate surface area is 108 Å². The molecule has 0 aliphatic carbocycles. The van der Waals surface area contributed by atoms with Gasteiger partial charge in [0.25, 0.3) is 0 Å². The summed E-state index contributed by atoms with van der Waals surface area (Å²) < 4.78 is 3.27. The standard InChI is InChI=1S/C11H14BrN3S/c1-9(11-10(12)2-7-16-11)14-4-6-15-5-3-13-8-15/h2-3,5,7-9,14H,4,6H2,1H3. The van der Waals surface area contributed by atoms with Gasteiger partial charge >= 0.3 is 0 Å². The summed E-state index contributed by atoms with van der Waals surface area (Å²) in [5.41, 5.74) is 0. The number of halogens is 1. The van der Waals surface area contributed by atoms with E-state index in [4.69, 9.17) is 0 Å². The number of nitrogens with one attached hydrogen (secondary N) is 1. The molecule has 2 rings (SSSR count). The zero-order chi connectivity index (χ0) is 11.4. The van der Waals surface area contributed by atoms with E-state index in [1.54, 1.807) is 17.5 Å². The van der Waals surface area contributed by atoms with Crippen molar-refractivity contribution in [1.82, 2.24) is 14.9 Å². The molecule has 1 N–H and O–H groups in total. The minimum absolute atomic E-state index is 0.387. The number of nitrogens with zero attached hydrogens (tertiary/aromatic N) is 2. The van der Waals surface area contributed by atoms with Gasteiger partial charge in [-0.2, -0.15) is 0 Å². The van der Waals surface area contributed by atoms with Crippen LogP contribution in [0.2, 0.25) is 0 Å². The highest BCUT2D eigenvalue weighted by Gasteiger charge is 2.09. The molecule has 0 bridgehead atoms. The van der Waals surface area contributed by atoms with Crippen molar-refractivity contribution in [1.29, 1.82) is 0 Å². The van der Waals surface area contributed by atoms with Crippen molar-refractivity contribution in [3.05, 3.63) is 39.5 Å². The van der Waals surface area contributed by atoms with Crippen molar-refractivity contribution in [2.24, 2.45) is 0 Å². The van der Waals surface area contributed by atoms with Crippen molar-refractivity contribution >= 4 is 27.3 Å². The third kappa shape index (κ3) is 2.93. The second kappa shape index (κ2) is 5.61. The first-order chi connectivity index (χ1) is 7.77. The monoisotopic (exact) mass is 299 g/mol. The molecule has 5 heteroatoms. The third-order valence-electron chi connectivity index (χ3n) is 2.42. The molecule has 0 aliphatic rings. The summed E-state index contributed by atoms with van der Waals surface area (Å²) in [6, 6.07) is 2.48. The van der Waals surface area contributed by atoms with E-state index in [1.807, 2.05) is 12.5 Å². The largest absolute Gasteiger partial charge is 0.336 e. The number of rotatable bonds is 5. The van der Waals surface area contributed by atoms with Crippen molar-refractivity contribution < 1.29 is 0 Å². The Balaban J connectivity index is 1.80. The third-order valence-corrected chi connectivity index (χ3v) is 4.47. The van der Waals surface area contributed by atoms with Crippen LogP contribution in [0.3, 0.4) is 0 Å². The van der Waals surface area contributed by atoms with Crippen LogP contribution in [0.1, 0.15) is 17.8 Å². The van der Waals surface area contributed by atoms with Crippen LogP contribution in [0.25, 0.3) is 0 Å². The van der Waals surface area contributed by atoms with Crippen LogP contribution in [0, 0.1) is 0 Å². The molecule has 0 aliphatic heterocycles. The van der Waals surface area contributed by atoms with Gasteiger partial charge in [0, 0.05) is 40.9 Å². The molecule has 0 fully saturated rings. The summed E-state index contributed by atoms with van der Waals surface area (Å²) in [6.45, 7) is 4.08. The fraction of sp³-hybridized carbons (Fsp3) is 0.364. The molecule has 0 spiro atoms. The minimum atomic E-state index is 0.387. The van der Waals surface area contributed by atoms with Gasteiger partial charge in [-0.25, -0.2) is 4.98 Å². The molecule has 0 saturated heterocycles. The number of hydrogen-bond acceptors (Lipinski definition) is 3. The lowest BCUT2D eigenvalue weighted by molar-refractivity contribution is 0.535. The van der Waals surface area contributed by atoms with Gasteiger partial charge in [0.15, 0.2) is 0 Å². The van der Waals surface area contributed by atoms with E-state index in [-0.39, 0.29) is 0 Å². The summed E-state index contributed by atoms with van der Waals surface area (Å²) in [5.74, 6) is 0. The Morgan fingerprint density at radius 1 is 1.62 bits per heavy atom. The summed E-state index contributed by atoms with van der Waals surface area (Å²) in [6.07, 6.45) is 5.63. The molecule has 16 heavy (non-hydrogen) atoms. The van der Waals surface area contributed by atoms with Gasteiger partial charge in [-0.05, 0) is 34.3 Å². The average Bonchev–Trinajstić information content (AvgIpc) is 2.88. The zero-order valence-corrected chi connectivity index (χ0v) is 11.5. The van der Waals surface area contributed by atoms with Crippen LogP contribution >= 0.6 is 27.3 Å². The van der Waals surface area contributed by atoms with Gasteiger partial charge in [-0.1, -0.05) is 0 Å². The zero-order valence-electron chi connectivity index (χ0n) is 9.06. The average molecular weight is 300 g/mol. The smallest absolute Gasteiger partial charge is 0.0946 e. The van der Waals surface area contributed by atoms with Crippen LogP contribution in [0.5, 0.6) is 0 Å². The van der Waals surface area contributed by atoms with Gasteiger partial charge in [-0.15, -0.1) is 11.3 Å². The predicted molar refractivity (Wildman–Crippen MR) is 70.7 cm³/mol. The first kappa shape index (κ1) is 11.8. The molecule has 0 saturated carbocycles. The summed E-state index contributed by atoms with van der Waals surface area (Å²) >= 11 is 5.33. The first-order valence-electron chi connectivity index (χ1n) is 5.19. The lowest BCUT2D eigenvalue weighted by atomic mass is 10.3. The maximum atomic E-state index is 4.01. The number of imidazole rings is 1. The molecular formula is C11H14BrN3S. The van der Waals surface area contributed by atoms with Crippen molar-refractivity contribution in [3.63, 3.8) is 0 Å². The summed E-state index contributed by atoms with van der Waals surface area (Å²) in [7, 11) is 0. The summed E-state index contributed by atoms with van der Waals surface area (Å²) in [4.78, 5) is 5.37. The van der Waals surface area contributed by atoms with Gasteiger partial charge in [0.05, 0.1) is 6.33 Å². The molecule has 1 unspecified atom stereocenters. The molecule has 0 aromatic carbocycles. The Hall–Kier alpha value is -0.650. The maximum absolute atomic E-state index is 4.01. The highest BCUT2D eigenvalue weighted by molar-refractivity contribution is 9.10. The molecule has 1 atom stereocenters. The quantitative estimate of drug-likeness (QED) is 0.919. The van der Waals surface area contributed by atoms with Crippen LogP contribution in [-0.4, -0.2) is 16.1 Å². The lowest BCUT2D eigenvalue weighted by Crippen LogP contribution is -2.22. The summed E-state index contributed by atoms with van der Waals surface area (Å²) in [5, 5.41) is 5.60. The van der Waals surface area contributed by atoms with Crippen molar-refractivity contribution in [2.75, 3.05) is 6.54 Å². The maximum Gasteiger partial charge on any atom is 0.0946 e. The second-order valence-electron chi connectivity index (χ2n) is 3.61.